The van der Waals surface area contributed by atoms with Gasteiger partial charge >= 0.3 is 12.3 Å². The summed E-state index contributed by atoms with van der Waals surface area (Å²) in [6, 6.07) is 8.48. The molecule has 184 valence electrons. The number of H-pyrrole nitrogens is 1. The Bertz CT molecular complexity index is 1110. The summed E-state index contributed by atoms with van der Waals surface area (Å²) in [5.41, 5.74) is -1.54. The number of hydrogen-bond donors (Lipinski definition) is 3. The second-order valence-corrected chi connectivity index (χ2v) is 9.00. The van der Waals surface area contributed by atoms with E-state index in [0.717, 1.165) is 17.2 Å². The van der Waals surface area contributed by atoms with E-state index in [1.807, 2.05) is 29.2 Å². The molecule has 8 nitrogen and oxygen atoms in total. The van der Waals surface area contributed by atoms with Gasteiger partial charge in [0.2, 0.25) is 0 Å². The summed E-state index contributed by atoms with van der Waals surface area (Å²) < 4.78 is 43.6. The fraction of sp³-hybridized carbons (Fsp3) is 0.435. The summed E-state index contributed by atoms with van der Waals surface area (Å²) >= 11 is 0. The van der Waals surface area contributed by atoms with E-state index in [1.165, 1.54) is 0 Å². The van der Waals surface area contributed by atoms with Gasteiger partial charge in [0.15, 0.2) is 0 Å². The maximum atomic E-state index is 12.8. The van der Waals surface area contributed by atoms with Gasteiger partial charge < -0.3 is 20.4 Å². The molecule has 0 spiro atoms. The number of rotatable bonds is 5. The number of alkyl carbamates (subject to hydrolysis) is 1. The third-order valence-corrected chi connectivity index (χ3v) is 5.13. The van der Waals surface area contributed by atoms with Gasteiger partial charge in [-0.3, -0.25) is 14.5 Å². The van der Waals surface area contributed by atoms with Crippen molar-refractivity contribution < 1.29 is 27.5 Å². The van der Waals surface area contributed by atoms with Crippen LogP contribution in [0.2, 0.25) is 0 Å². The number of pyridine rings is 1. The van der Waals surface area contributed by atoms with Crippen LogP contribution < -0.4 is 16.2 Å². The van der Waals surface area contributed by atoms with E-state index in [9.17, 15) is 27.6 Å². The Morgan fingerprint density at radius 3 is 2.50 bits per heavy atom. The molecular formula is C23H27F3N4O4. The van der Waals surface area contributed by atoms with Crippen LogP contribution in [0, 0.1) is 0 Å². The number of carbonyl (C=O) groups is 2. The predicted molar refractivity (Wildman–Crippen MR) is 118 cm³/mol. The van der Waals surface area contributed by atoms with Crippen LogP contribution in [0.5, 0.6) is 0 Å². The first-order chi connectivity index (χ1) is 15.8. The quantitative estimate of drug-likeness (QED) is 0.610. The van der Waals surface area contributed by atoms with Crippen LogP contribution in [0.4, 0.5) is 18.0 Å². The molecule has 3 rings (SSSR count). The molecule has 1 atom stereocenters. The Kier molecular flexibility index (Phi) is 7.35. The van der Waals surface area contributed by atoms with E-state index in [-0.39, 0.29) is 0 Å². The molecule has 1 aromatic heterocycles. The van der Waals surface area contributed by atoms with E-state index in [1.54, 1.807) is 25.8 Å². The Morgan fingerprint density at radius 1 is 1.15 bits per heavy atom. The minimum Gasteiger partial charge on any atom is -0.444 e. The molecule has 0 saturated heterocycles. The van der Waals surface area contributed by atoms with Gasteiger partial charge in [-0.25, -0.2) is 4.79 Å². The normalized spacial score (nSPS) is 16.5. The van der Waals surface area contributed by atoms with Crippen LogP contribution in [-0.4, -0.2) is 47.1 Å². The molecule has 2 aromatic rings. The average molecular weight is 480 g/mol. The highest BCUT2D eigenvalue weighted by Gasteiger charge is 2.33. The molecule has 11 heteroatoms. The van der Waals surface area contributed by atoms with E-state index in [0.29, 0.717) is 32.2 Å². The van der Waals surface area contributed by atoms with Crippen LogP contribution in [0.1, 0.15) is 54.0 Å². The summed E-state index contributed by atoms with van der Waals surface area (Å²) in [6.07, 6.45) is -5.25. The van der Waals surface area contributed by atoms with Crippen LogP contribution in [0.3, 0.4) is 0 Å². The number of aromatic amines is 1. The van der Waals surface area contributed by atoms with Crippen molar-refractivity contribution in [3.8, 4) is 0 Å². The molecular weight excluding hydrogens is 453 g/mol. The van der Waals surface area contributed by atoms with Crippen LogP contribution >= 0.6 is 0 Å². The summed E-state index contributed by atoms with van der Waals surface area (Å²) in [5.74, 6) is -0.775. The largest absolute Gasteiger partial charge is 0.444 e. The number of nitrogens with one attached hydrogen (secondary N) is 3. The molecule has 34 heavy (non-hydrogen) atoms. The minimum absolute atomic E-state index is 0.316. The monoisotopic (exact) mass is 480 g/mol. The lowest BCUT2D eigenvalue weighted by Crippen LogP contribution is -2.45. The van der Waals surface area contributed by atoms with E-state index in [2.05, 4.69) is 10.6 Å². The van der Waals surface area contributed by atoms with Gasteiger partial charge in [-0.15, -0.1) is 0 Å². The van der Waals surface area contributed by atoms with Gasteiger partial charge in [-0.1, -0.05) is 24.3 Å². The maximum Gasteiger partial charge on any atom is 0.431 e. The predicted octanol–water partition coefficient (Wildman–Crippen LogP) is 3.21. The van der Waals surface area contributed by atoms with Crippen molar-refractivity contribution in [2.75, 3.05) is 19.6 Å². The van der Waals surface area contributed by atoms with Gasteiger partial charge in [0.25, 0.3) is 11.5 Å². The first kappa shape index (κ1) is 25.3. The first-order valence-electron chi connectivity index (χ1n) is 10.7. The zero-order chi connectivity index (χ0) is 25.1. The number of amides is 2. The molecule has 1 aromatic carbocycles. The van der Waals surface area contributed by atoms with Crippen molar-refractivity contribution in [2.45, 2.75) is 45.1 Å². The highest BCUT2D eigenvalue weighted by molar-refractivity contribution is 5.94. The Morgan fingerprint density at radius 2 is 1.85 bits per heavy atom. The number of alkyl halides is 3. The van der Waals surface area contributed by atoms with E-state index < -0.39 is 46.6 Å². The lowest BCUT2D eigenvalue weighted by Gasteiger charge is -2.35. The third-order valence-electron chi connectivity index (χ3n) is 5.13. The second-order valence-electron chi connectivity index (χ2n) is 9.00. The lowest BCUT2D eigenvalue weighted by atomic mass is 9.95. The first-order valence-corrected chi connectivity index (χ1v) is 10.7. The molecule has 2 heterocycles. The molecule has 2 amide bonds. The fourth-order valence-electron chi connectivity index (χ4n) is 3.66. The van der Waals surface area contributed by atoms with Crippen molar-refractivity contribution in [3.05, 3.63) is 69.1 Å². The topological polar surface area (TPSA) is 104 Å². The summed E-state index contributed by atoms with van der Waals surface area (Å²) in [6.45, 7) is 7.06. The second kappa shape index (κ2) is 9.88. The average Bonchev–Trinajstić information content (AvgIpc) is 2.71. The fourth-order valence-corrected chi connectivity index (χ4v) is 3.66. The maximum absolute atomic E-state index is 12.8. The van der Waals surface area contributed by atoms with Crippen molar-refractivity contribution in [3.63, 3.8) is 0 Å². The molecule has 1 aliphatic rings. The number of fused-ring (bicyclic) bond motifs is 1. The molecule has 3 N–H and O–H groups in total. The van der Waals surface area contributed by atoms with Gasteiger partial charge in [0.05, 0.1) is 6.04 Å². The number of hydrogen-bond acceptors (Lipinski definition) is 5. The zero-order valence-electron chi connectivity index (χ0n) is 19.1. The van der Waals surface area contributed by atoms with E-state index in [4.69, 9.17) is 4.74 Å². The van der Waals surface area contributed by atoms with Crippen LogP contribution in [0.25, 0.3) is 0 Å². The number of aromatic nitrogens is 1. The van der Waals surface area contributed by atoms with Gasteiger partial charge in [-0.05, 0) is 44.0 Å². The number of halogens is 3. The number of benzene rings is 1. The number of carbonyl (C=O) groups excluding carboxylic acids is 2. The summed E-state index contributed by atoms with van der Waals surface area (Å²) in [4.78, 5) is 40.4. The van der Waals surface area contributed by atoms with Crippen molar-refractivity contribution in [1.82, 2.24) is 20.5 Å². The SMILES string of the molecule is CC(C)(C)OC(=O)NCCN1Cc2ccccc2C(NC(=O)c2ccc(C(F)(F)F)[nH]c2=O)C1. The zero-order valence-corrected chi connectivity index (χ0v) is 19.1. The van der Waals surface area contributed by atoms with Crippen molar-refractivity contribution >= 4 is 12.0 Å². The Balaban J connectivity index is 1.69. The van der Waals surface area contributed by atoms with Crippen LogP contribution in [0.15, 0.2) is 41.2 Å². The summed E-state index contributed by atoms with van der Waals surface area (Å²) in [7, 11) is 0. The number of ether oxygens (including phenoxy) is 1. The van der Waals surface area contributed by atoms with Crippen molar-refractivity contribution in [1.29, 1.82) is 0 Å². The highest BCUT2D eigenvalue weighted by atomic mass is 19.4. The van der Waals surface area contributed by atoms with Crippen molar-refractivity contribution in [2.24, 2.45) is 0 Å². The summed E-state index contributed by atoms with van der Waals surface area (Å²) in [5, 5.41) is 5.45. The van der Waals surface area contributed by atoms with Gasteiger partial charge in [0.1, 0.15) is 16.9 Å². The molecule has 0 radical (unpaired) electrons. The third kappa shape index (κ3) is 6.60. The highest BCUT2D eigenvalue weighted by Crippen LogP contribution is 2.28. The molecule has 0 aliphatic carbocycles. The number of nitrogens with zero attached hydrogens (tertiary/aromatic N) is 1. The molecule has 1 aliphatic heterocycles. The standard InChI is InChI=1S/C23H27F3N4O4/c1-22(2,3)34-21(33)27-10-11-30-12-14-6-4-5-7-15(14)17(13-30)28-19(31)16-8-9-18(23(24,25)26)29-20(16)32/h4-9,17H,10-13H2,1-3H3,(H,27,33)(H,28,31)(H,29,32). The molecule has 1 unspecified atom stereocenters. The molecule has 0 saturated carbocycles. The minimum atomic E-state index is -4.72. The Hall–Kier alpha value is -3.34. The van der Waals surface area contributed by atoms with E-state index >= 15 is 0 Å². The Labute approximate surface area is 194 Å². The molecule has 0 fully saturated rings. The smallest absolute Gasteiger partial charge is 0.431 e. The lowest BCUT2D eigenvalue weighted by molar-refractivity contribution is -0.141. The molecule has 0 bridgehead atoms. The van der Waals surface area contributed by atoms with Gasteiger partial charge in [0, 0.05) is 26.2 Å². The van der Waals surface area contributed by atoms with Gasteiger partial charge in [-0.2, -0.15) is 13.2 Å². The van der Waals surface area contributed by atoms with Crippen LogP contribution in [-0.2, 0) is 17.5 Å².